The van der Waals surface area contributed by atoms with Crippen molar-refractivity contribution in [3.63, 3.8) is 0 Å². The van der Waals surface area contributed by atoms with E-state index in [0.29, 0.717) is 18.0 Å². The lowest BCUT2D eigenvalue weighted by atomic mass is 10.1. The number of piperidine rings is 1. The molecule has 0 aliphatic carbocycles. The van der Waals surface area contributed by atoms with Gasteiger partial charge in [-0.1, -0.05) is 12.1 Å². The predicted molar refractivity (Wildman–Crippen MR) is 76.2 cm³/mol. The van der Waals surface area contributed by atoms with Crippen LogP contribution in [0, 0.1) is 0 Å². The van der Waals surface area contributed by atoms with E-state index in [0.717, 1.165) is 25.9 Å². The molecule has 0 aromatic heterocycles. The van der Waals surface area contributed by atoms with Crippen molar-refractivity contribution in [1.29, 1.82) is 0 Å². The van der Waals surface area contributed by atoms with Gasteiger partial charge in [0.2, 0.25) is 0 Å². The highest BCUT2D eigenvalue weighted by Crippen LogP contribution is 2.25. The van der Waals surface area contributed by atoms with Gasteiger partial charge in [0.25, 0.3) is 0 Å². The molecular formula is C15H23NO4. The van der Waals surface area contributed by atoms with Gasteiger partial charge in [-0.15, -0.1) is 0 Å². The molecule has 0 amide bonds. The fourth-order valence-corrected chi connectivity index (χ4v) is 2.38. The Hall–Kier alpha value is -1.30. The minimum Gasteiger partial charge on any atom is -0.493 e. The number of β-amino-alcohol motifs (C(OH)–C–C–N with tert-alkyl or cyclic N) is 1. The lowest BCUT2D eigenvalue weighted by Gasteiger charge is -2.30. The van der Waals surface area contributed by atoms with Gasteiger partial charge in [-0.25, -0.2) is 0 Å². The van der Waals surface area contributed by atoms with Crippen LogP contribution in [0.5, 0.6) is 11.5 Å². The lowest BCUT2D eigenvalue weighted by molar-refractivity contribution is 0.0333. The molecule has 5 heteroatoms. The molecule has 1 atom stereocenters. The van der Waals surface area contributed by atoms with E-state index in [4.69, 9.17) is 9.47 Å². The van der Waals surface area contributed by atoms with Crippen molar-refractivity contribution < 1.29 is 19.7 Å². The molecule has 0 bridgehead atoms. The van der Waals surface area contributed by atoms with Crippen LogP contribution in [0.15, 0.2) is 24.3 Å². The van der Waals surface area contributed by atoms with E-state index in [-0.39, 0.29) is 12.7 Å². The zero-order valence-corrected chi connectivity index (χ0v) is 11.9. The van der Waals surface area contributed by atoms with Crippen LogP contribution < -0.4 is 9.47 Å². The number of nitrogens with zero attached hydrogens (tertiary/aromatic N) is 1. The molecule has 20 heavy (non-hydrogen) atoms. The SMILES string of the molecule is COc1ccccc1OCC(O)CN1CCC(O)CC1. The zero-order valence-electron chi connectivity index (χ0n) is 11.9. The van der Waals surface area contributed by atoms with Gasteiger partial charge in [0, 0.05) is 19.6 Å². The van der Waals surface area contributed by atoms with Gasteiger partial charge in [0.1, 0.15) is 12.7 Å². The molecule has 1 fully saturated rings. The van der Waals surface area contributed by atoms with Gasteiger partial charge in [-0.3, -0.25) is 0 Å². The van der Waals surface area contributed by atoms with E-state index in [1.807, 2.05) is 24.3 Å². The molecule has 2 N–H and O–H groups in total. The van der Waals surface area contributed by atoms with E-state index in [1.165, 1.54) is 0 Å². The van der Waals surface area contributed by atoms with Gasteiger partial charge in [-0.2, -0.15) is 0 Å². The fourth-order valence-electron chi connectivity index (χ4n) is 2.38. The van der Waals surface area contributed by atoms with Crippen LogP contribution in [-0.4, -0.2) is 60.7 Å². The number of ether oxygens (including phenoxy) is 2. The summed E-state index contributed by atoms with van der Waals surface area (Å²) >= 11 is 0. The molecule has 1 saturated heterocycles. The molecule has 2 rings (SSSR count). The third kappa shape index (κ3) is 4.37. The van der Waals surface area contributed by atoms with Crippen LogP contribution in [0.1, 0.15) is 12.8 Å². The van der Waals surface area contributed by atoms with Crippen molar-refractivity contribution in [3.05, 3.63) is 24.3 Å². The van der Waals surface area contributed by atoms with Crippen LogP contribution in [0.3, 0.4) is 0 Å². The first kappa shape index (κ1) is 15.1. The Balaban J connectivity index is 1.76. The van der Waals surface area contributed by atoms with Crippen molar-refractivity contribution in [2.75, 3.05) is 33.4 Å². The molecule has 0 radical (unpaired) electrons. The first-order valence-electron chi connectivity index (χ1n) is 7.03. The molecule has 1 aliphatic heterocycles. The Bertz CT molecular complexity index is 405. The average Bonchev–Trinajstić information content (AvgIpc) is 2.48. The van der Waals surface area contributed by atoms with E-state index < -0.39 is 6.10 Å². The largest absolute Gasteiger partial charge is 0.493 e. The van der Waals surface area contributed by atoms with Gasteiger partial charge in [-0.05, 0) is 25.0 Å². The maximum atomic E-state index is 10.0. The summed E-state index contributed by atoms with van der Waals surface area (Å²) in [7, 11) is 1.59. The molecule has 1 aromatic carbocycles. The Morgan fingerprint density at radius 1 is 1.25 bits per heavy atom. The van der Waals surface area contributed by atoms with E-state index >= 15 is 0 Å². The Morgan fingerprint density at radius 3 is 2.55 bits per heavy atom. The highest BCUT2D eigenvalue weighted by molar-refractivity contribution is 5.39. The molecule has 1 unspecified atom stereocenters. The van der Waals surface area contributed by atoms with E-state index in [2.05, 4.69) is 4.90 Å². The van der Waals surface area contributed by atoms with E-state index in [9.17, 15) is 10.2 Å². The topological polar surface area (TPSA) is 62.2 Å². The van der Waals surface area contributed by atoms with Gasteiger partial charge >= 0.3 is 0 Å². The van der Waals surface area contributed by atoms with Crippen LogP contribution in [0.2, 0.25) is 0 Å². The summed E-state index contributed by atoms with van der Waals surface area (Å²) in [5.41, 5.74) is 0. The molecule has 1 aliphatic rings. The molecule has 112 valence electrons. The summed E-state index contributed by atoms with van der Waals surface area (Å²) < 4.78 is 10.8. The maximum absolute atomic E-state index is 10.0. The number of benzene rings is 1. The minimum absolute atomic E-state index is 0.187. The fraction of sp³-hybridized carbons (Fsp3) is 0.600. The first-order valence-corrected chi connectivity index (χ1v) is 7.03. The highest BCUT2D eigenvalue weighted by atomic mass is 16.5. The van der Waals surface area contributed by atoms with Crippen molar-refractivity contribution in [2.24, 2.45) is 0 Å². The summed E-state index contributed by atoms with van der Waals surface area (Å²) in [6.07, 6.45) is 0.823. The van der Waals surface area contributed by atoms with Crippen LogP contribution in [-0.2, 0) is 0 Å². The smallest absolute Gasteiger partial charge is 0.161 e. The third-order valence-corrected chi connectivity index (χ3v) is 3.53. The number of aliphatic hydroxyl groups excluding tert-OH is 2. The lowest BCUT2D eigenvalue weighted by Crippen LogP contribution is -2.41. The average molecular weight is 281 g/mol. The standard InChI is InChI=1S/C15H23NO4/c1-19-14-4-2-3-5-15(14)20-11-13(18)10-16-8-6-12(17)7-9-16/h2-5,12-13,17-18H,6-11H2,1H3. The second kappa shape index (κ2) is 7.47. The normalized spacial score (nSPS) is 18.8. The number of hydrogen-bond donors (Lipinski definition) is 2. The summed E-state index contributed by atoms with van der Waals surface area (Å²) in [6.45, 7) is 2.46. The molecule has 0 saturated carbocycles. The highest BCUT2D eigenvalue weighted by Gasteiger charge is 2.19. The Labute approximate surface area is 119 Å². The molecule has 5 nitrogen and oxygen atoms in total. The Kier molecular flexibility index (Phi) is 5.64. The summed E-state index contributed by atoms with van der Waals surface area (Å²) in [4.78, 5) is 2.16. The van der Waals surface area contributed by atoms with Crippen molar-refractivity contribution in [2.45, 2.75) is 25.0 Å². The predicted octanol–water partition coefficient (Wildman–Crippen LogP) is 0.892. The molecule has 0 spiro atoms. The molecule has 1 heterocycles. The number of methoxy groups -OCH3 is 1. The quantitative estimate of drug-likeness (QED) is 0.811. The Morgan fingerprint density at radius 2 is 1.90 bits per heavy atom. The number of rotatable bonds is 6. The second-order valence-corrected chi connectivity index (χ2v) is 5.15. The maximum Gasteiger partial charge on any atom is 0.161 e. The minimum atomic E-state index is -0.546. The van der Waals surface area contributed by atoms with Gasteiger partial charge in [0.15, 0.2) is 11.5 Å². The zero-order chi connectivity index (χ0) is 14.4. The van der Waals surface area contributed by atoms with Crippen molar-refractivity contribution in [1.82, 2.24) is 4.90 Å². The molecular weight excluding hydrogens is 258 g/mol. The van der Waals surface area contributed by atoms with Crippen LogP contribution in [0.4, 0.5) is 0 Å². The van der Waals surface area contributed by atoms with Gasteiger partial charge in [0.05, 0.1) is 13.2 Å². The summed E-state index contributed by atoms with van der Waals surface area (Å²) in [5, 5.41) is 19.5. The number of likely N-dealkylation sites (tertiary alicyclic amines) is 1. The molecule has 1 aromatic rings. The number of aliphatic hydroxyl groups is 2. The summed E-state index contributed by atoms with van der Waals surface area (Å²) in [6, 6.07) is 7.40. The van der Waals surface area contributed by atoms with Gasteiger partial charge < -0.3 is 24.6 Å². The van der Waals surface area contributed by atoms with Crippen molar-refractivity contribution in [3.8, 4) is 11.5 Å². The monoisotopic (exact) mass is 281 g/mol. The first-order chi connectivity index (χ1) is 9.69. The summed E-state index contributed by atoms with van der Waals surface area (Å²) in [5.74, 6) is 1.31. The second-order valence-electron chi connectivity index (χ2n) is 5.15. The third-order valence-electron chi connectivity index (χ3n) is 3.53. The van der Waals surface area contributed by atoms with E-state index in [1.54, 1.807) is 7.11 Å². The van der Waals surface area contributed by atoms with Crippen LogP contribution >= 0.6 is 0 Å². The van der Waals surface area contributed by atoms with Crippen LogP contribution in [0.25, 0.3) is 0 Å². The number of hydrogen-bond acceptors (Lipinski definition) is 5. The number of para-hydroxylation sites is 2. The van der Waals surface area contributed by atoms with Crippen molar-refractivity contribution >= 4 is 0 Å².